The van der Waals surface area contributed by atoms with Gasteiger partial charge in [0, 0.05) is 50.4 Å². The number of nitrogens with one attached hydrogen (secondary N) is 2. The molecule has 1 saturated heterocycles. The largest absolute Gasteiger partial charge is 0.351 e. The van der Waals surface area contributed by atoms with Crippen molar-refractivity contribution in [1.29, 1.82) is 0 Å². The molecule has 1 aliphatic heterocycles. The third-order valence-corrected chi connectivity index (χ3v) is 3.78. The van der Waals surface area contributed by atoms with Crippen LogP contribution < -0.4 is 10.6 Å². The number of aryl methyl sites for hydroxylation is 1. The standard InChI is InChI=1S/C13H21BrN4O/c1-17-10-11(14)9-12(17)13(19)16-3-2-6-18-7-4-15-5-8-18/h9-10,15H,2-8H2,1H3,(H,16,19). The third-order valence-electron chi connectivity index (χ3n) is 3.35. The molecule has 1 fully saturated rings. The molecule has 0 saturated carbocycles. The van der Waals surface area contributed by atoms with E-state index in [9.17, 15) is 4.79 Å². The quantitative estimate of drug-likeness (QED) is 0.786. The van der Waals surface area contributed by atoms with Crippen molar-refractivity contribution in [3.05, 3.63) is 22.4 Å². The minimum Gasteiger partial charge on any atom is -0.351 e. The Hall–Kier alpha value is -0.850. The number of carbonyl (C=O) groups excluding carboxylic acids is 1. The second-order valence-corrected chi connectivity index (χ2v) is 5.77. The maximum Gasteiger partial charge on any atom is 0.267 e. The van der Waals surface area contributed by atoms with E-state index in [1.54, 1.807) is 0 Å². The first-order valence-corrected chi connectivity index (χ1v) is 7.49. The van der Waals surface area contributed by atoms with E-state index in [-0.39, 0.29) is 5.91 Å². The fourth-order valence-electron chi connectivity index (χ4n) is 2.28. The summed E-state index contributed by atoms with van der Waals surface area (Å²) in [5.74, 6) is -0.00601. The predicted octanol–water partition coefficient (Wildman–Crippen LogP) is 0.813. The van der Waals surface area contributed by atoms with E-state index in [4.69, 9.17) is 0 Å². The van der Waals surface area contributed by atoms with Crippen molar-refractivity contribution in [2.75, 3.05) is 39.3 Å². The van der Waals surface area contributed by atoms with Crippen molar-refractivity contribution in [2.24, 2.45) is 7.05 Å². The van der Waals surface area contributed by atoms with Crippen LogP contribution in [-0.2, 0) is 7.05 Å². The fraction of sp³-hybridized carbons (Fsp3) is 0.615. The second-order valence-electron chi connectivity index (χ2n) is 4.86. The molecule has 0 unspecified atom stereocenters. The van der Waals surface area contributed by atoms with Gasteiger partial charge in [-0.25, -0.2) is 0 Å². The first-order chi connectivity index (χ1) is 9.16. The predicted molar refractivity (Wildman–Crippen MR) is 79.4 cm³/mol. The Morgan fingerprint density at radius 2 is 2.21 bits per heavy atom. The van der Waals surface area contributed by atoms with E-state index >= 15 is 0 Å². The van der Waals surface area contributed by atoms with Crippen molar-refractivity contribution >= 4 is 21.8 Å². The minimum atomic E-state index is -0.00601. The van der Waals surface area contributed by atoms with Gasteiger partial charge in [-0.05, 0) is 35.0 Å². The Bertz CT molecular complexity index is 426. The third kappa shape index (κ3) is 4.33. The number of rotatable bonds is 5. The van der Waals surface area contributed by atoms with E-state index in [2.05, 4.69) is 31.5 Å². The van der Waals surface area contributed by atoms with Crippen LogP contribution in [0.3, 0.4) is 0 Å². The average Bonchev–Trinajstić information content (AvgIpc) is 2.75. The summed E-state index contributed by atoms with van der Waals surface area (Å²) in [6.45, 7) is 6.15. The molecule has 2 rings (SSSR count). The molecule has 2 heterocycles. The molecule has 6 heteroatoms. The van der Waals surface area contributed by atoms with Gasteiger partial charge in [0.1, 0.15) is 5.69 Å². The highest BCUT2D eigenvalue weighted by Gasteiger charge is 2.11. The van der Waals surface area contributed by atoms with Gasteiger partial charge in [0.2, 0.25) is 0 Å². The highest BCUT2D eigenvalue weighted by molar-refractivity contribution is 9.10. The molecule has 1 aromatic rings. The lowest BCUT2D eigenvalue weighted by Crippen LogP contribution is -2.44. The first-order valence-electron chi connectivity index (χ1n) is 6.70. The molecule has 0 bridgehead atoms. The lowest BCUT2D eigenvalue weighted by atomic mass is 10.3. The zero-order chi connectivity index (χ0) is 13.7. The molecule has 1 aliphatic rings. The molecule has 5 nitrogen and oxygen atoms in total. The van der Waals surface area contributed by atoms with Crippen LogP contribution in [0.25, 0.3) is 0 Å². The van der Waals surface area contributed by atoms with Gasteiger partial charge in [-0.3, -0.25) is 4.79 Å². The van der Waals surface area contributed by atoms with Crippen molar-refractivity contribution in [3.63, 3.8) is 0 Å². The van der Waals surface area contributed by atoms with E-state index in [1.807, 2.05) is 23.9 Å². The molecule has 0 aromatic carbocycles. The van der Waals surface area contributed by atoms with Gasteiger partial charge in [-0.15, -0.1) is 0 Å². The van der Waals surface area contributed by atoms with Gasteiger partial charge in [0.05, 0.1) is 0 Å². The van der Waals surface area contributed by atoms with Crippen molar-refractivity contribution in [2.45, 2.75) is 6.42 Å². The van der Waals surface area contributed by atoms with Gasteiger partial charge < -0.3 is 20.1 Å². The summed E-state index contributed by atoms with van der Waals surface area (Å²) in [5.41, 5.74) is 0.689. The Balaban J connectivity index is 1.67. The summed E-state index contributed by atoms with van der Waals surface area (Å²) in [6, 6.07) is 1.84. The second kappa shape index (κ2) is 7.07. The highest BCUT2D eigenvalue weighted by Crippen LogP contribution is 2.13. The summed E-state index contributed by atoms with van der Waals surface area (Å²) in [6.07, 6.45) is 2.88. The van der Waals surface area contributed by atoms with Crippen LogP contribution in [0.15, 0.2) is 16.7 Å². The number of halogens is 1. The average molecular weight is 329 g/mol. The lowest BCUT2D eigenvalue weighted by molar-refractivity contribution is 0.0943. The normalized spacial score (nSPS) is 16.5. The number of amides is 1. The molecular weight excluding hydrogens is 308 g/mol. The molecule has 0 radical (unpaired) electrons. The number of hydrogen-bond donors (Lipinski definition) is 2. The van der Waals surface area contributed by atoms with Crippen LogP contribution >= 0.6 is 15.9 Å². The Morgan fingerprint density at radius 3 is 2.84 bits per heavy atom. The lowest BCUT2D eigenvalue weighted by Gasteiger charge is -2.27. The van der Waals surface area contributed by atoms with Gasteiger partial charge in [-0.1, -0.05) is 0 Å². The number of carbonyl (C=O) groups is 1. The van der Waals surface area contributed by atoms with Gasteiger partial charge in [0.25, 0.3) is 5.91 Å². The molecular formula is C13H21BrN4O. The summed E-state index contributed by atoms with van der Waals surface area (Å²) in [4.78, 5) is 14.4. The minimum absolute atomic E-state index is 0.00601. The van der Waals surface area contributed by atoms with Crippen LogP contribution in [0, 0.1) is 0 Å². The van der Waals surface area contributed by atoms with Crippen LogP contribution in [-0.4, -0.2) is 54.6 Å². The molecule has 1 aromatic heterocycles. The van der Waals surface area contributed by atoms with Crippen molar-refractivity contribution in [3.8, 4) is 0 Å². The SMILES string of the molecule is Cn1cc(Br)cc1C(=O)NCCCN1CCNCC1. The monoisotopic (exact) mass is 328 g/mol. The maximum atomic E-state index is 12.0. The van der Waals surface area contributed by atoms with E-state index in [1.165, 1.54) is 0 Å². The van der Waals surface area contributed by atoms with Gasteiger partial charge in [-0.2, -0.15) is 0 Å². The number of hydrogen-bond acceptors (Lipinski definition) is 3. The summed E-state index contributed by atoms with van der Waals surface area (Å²) < 4.78 is 2.76. The number of nitrogens with zero attached hydrogens (tertiary/aromatic N) is 2. The van der Waals surface area contributed by atoms with Gasteiger partial charge >= 0.3 is 0 Å². The maximum absolute atomic E-state index is 12.0. The Labute approximate surface area is 122 Å². The first kappa shape index (κ1) is 14.6. The zero-order valence-corrected chi connectivity index (χ0v) is 12.9. The topological polar surface area (TPSA) is 49.3 Å². The Kier molecular flexibility index (Phi) is 5.42. The number of piperazine rings is 1. The van der Waals surface area contributed by atoms with Crippen LogP contribution in [0.1, 0.15) is 16.9 Å². The molecule has 1 amide bonds. The van der Waals surface area contributed by atoms with E-state index < -0.39 is 0 Å². The summed E-state index contributed by atoms with van der Waals surface area (Å²) >= 11 is 3.37. The summed E-state index contributed by atoms with van der Waals surface area (Å²) in [5, 5.41) is 6.30. The Morgan fingerprint density at radius 1 is 1.47 bits per heavy atom. The zero-order valence-electron chi connectivity index (χ0n) is 11.3. The fourth-order valence-corrected chi connectivity index (χ4v) is 2.80. The van der Waals surface area contributed by atoms with Crippen molar-refractivity contribution in [1.82, 2.24) is 20.1 Å². The van der Waals surface area contributed by atoms with Crippen LogP contribution in [0.2, 0.25) is 0 Å². The van der Waals surface area contributed by atoms with E-state index in [0.717, 1.165) is 50.2 Å². The van der Waals surface area contributed by atoms with Crippen LogP contribution in [0.5, 0.6) is 0 Å². The highest BCUT2D eigenvalue weighted by atomic mass is 79.9. The van der Waals surface area contributed by atoms with Gasteiger partial charge in [0.15, 0.2) is 0 Å². The molecule has 2 N–H and O–H groups in total. The summed E-state index contributed by atoms with van der Waals surface area (Å²) in [7, 11) is 1.88. The molecule has 19 heavy (non-hydrogen) atoms. The van der Waals surface area contributed by atoms with Crippen LogP contribution in [0.4, 0.5) is 0 Å². The molecule has 0 spiro atoms. The molecule has 0 atom stereocenters. The number of aromatic nitrogens is 1. The van der Waals surface area contributed by atoms with Crippen molar-refractivity contribution < 1.29 is 4.79 Å². The molecule has 0 aliphatic carbocycles. The van der Waals surface area contributed by atoms with E-state index in [0.29, 0.717) is 5.69 Å². The molecule has 106 valence electrons. The smallest absolute Gasteiger partial charge is 0.267 e.